The largest absolute Gasteiger partial charge is 0.399 e. The molecule has 0 saturated heterocycles. The summed E-state index contributed by atoms with van der Waals surface area (Å²) >= 11 is 0. The van der Waals surface area contributed by atoms with E-state index in [1.807, 2.05) is 0 Å². The van der Waals surface area contributed by atoms with Crippen LogP contribution < -0.4 is 11.5 Å². The fourth-order valence-corrected chi connectivity index (χ4v) is 7.39. The third kappa shape index (κ3) is 5.16. The van der Waals surface area contributed by atoms with E-state index < -0.39 is 0 Å². The van der Waals surface area contributed by atoms with Crippen LogP contribution in [-0.4, -0.2) is 0 Å². The molecule has 0 aromatic heterocycles. The van der Waals surface area contributed by atoms with Crippen molar-refractivity contribution in [3.8, 4) is 11.1 Å². The number of rotatable bonds is 5. The zero-order chi connectivity index (χ0) is 24.6. The molecule has 0 amide bonds. The molecule has 2 saturated carbocycles. The minimum absolute atomic E-state index is 0.568. The first-order valence-electron chi connectivity index (χ1n) is 13.9. The van der Waals surface area contributed by atoms with E-state index in [-0.39, 0.29) is 0 Å². The van der Waals surface area contributed by atoms with E-state index in [2.05, 4.69) is 77.9 Å². The zero-order valence-corrected chi connectivity index (χ0v) is 22.5. The fourth-order valence-electron chi connectivity index (χ4n) is 7.39. The molecule has 4 rings (SSSR count). The lowest BCUT2D eigenvalue weighted by molar-refractivity contribution is 0.196. The maximum Gasteiger partial charge on any atom is 0.0317 e. The normalized spacial score (nSPS) is 30.1. The van der Waals surface area contributed by atoms with Crippen LogP contribution in [0.1, 0.15) is 103 Å². The monoisotopic (exact) mass is 460 g/mol. The van der Waals surface area contributed by atoms with Gasteiger partial charge in [0.05, 0.1) is 0 Å². The number of nitrogens with two attached hydrogens (primary N) is 2. The SMILES string of the molecule is CC1CCC(C(C)C)C(c2cc(N)ccc2-c2ccc(N)cc2C2CC(C)CCC2C(C)C)C1. The van der Waals surface area contributed by atoms with Gasteiger partial charge in [0.25, 0.3) is 0 Å². The highest BCUT2D eigenvalue weighted by atomic mass is 14.6. The Morgan fingerprint density at radius 3 is 1.35 bits per heavy atom. The van der Waals surface area contributed by atoms with Crippen LogP contribution >= 0.6 is 0 Å². The maximum atomic E-state index is 6.43. The van der Waals surface area contributed by atoms with E-state index in [1.54, 1.807) is 0 Å². The van der Waals surface area contributed by atoms with Gasteiger partial charge in [-0.1, -0.05) is 66.5 Å². The summed E-state index contributed by atoms with van der Waals surface area (Å²) in [5, 5.41) is 0. The summed E-state index contributed by atoms with van der Waals surface area (Å²) in [5.41, 5.74) is 20.4. The van der Waals surface area contributed by atoms with Crippen molar-refractivity contribution in [2.45, 2.75) is 91.9 Å². The van der Waals surface area contributed by atoms with E-state index in [0.717, 1.165) is 23.2 Å². The third-order valence-electron chi connectivity index (χ3n) is 9.28. The Kier molecular flexibility index (Phi) is 7.65. The number of nitrogen functional groups attached to an aromatic ring is 2. The van der Waals surface area contributed by atoms with Crippen molar-refractivity contribution < 1.29 is 0 Å². The van der Waals surface area contributed by atoms with Crippen LogP contribution in [0.25, 0.3) is 11.1 Å². The summed E-state index contributed by atoms with van der Waals surface area (Å²) in [7, 11) is 0. The molecule has 0 radical (unpaired) electrons. The molecule has 2 aromatic carbocycles. The molecule has 6 atom stereocenters. The van der Waals surface area contributed by atoms with E-state index >= 15 is 0 Å². The van der Waals surface area contributed by atoms with Crippen molar-refractivity contribution in [1.82, 2.24) is 0 Å². The Morgan fingerprint density at radius 1 is 0.618 bits per heavy atom. The maximum absolute atomic E-state index is 6.43. The smallest absolute Gasteiger partial charge is 0.0317 e. The van der Waals surface area contributed by atoms with Crippen molar-refractivity contribution in [3.63, 3.8) is 0 Å². The lowest BCUT2D eigenvalue weighted by Crippen LogP contribution is -2.27. The second-order valence-corrected chi connectivity index (χ2v) is 12.6. The predicted octanol–water partition coefficient (Wildman–Crippen LogP) is 8.87. The van der Waals surface area contributed by atoms with Gasteiger partial charge in [-0.2, -0.15) is 0 Å². The Labute approximate surface area is 208 Å². The molecule has 4 N–H and O–H groups in total. The first-order chi connectivity index (χ1) is 16.2. The third-order valence-corrected chi connectivity index (χ3v) is 9.28. The number of benzene rings is 2. The van der Waals surface area contributed by atoms with Crippen molar-refractivity contribution in [1.29, 1.82) is 0 Å². The Hall–Kier alpha value is -1.96. The molecule has 2 aromatic rings. The second kappa shape index (κ2) is 10.3. The topological polar surface area (TPSA) is 52.0 Å². The average molecular weight is 461 g/mol. The zero-order valence-electron chi connectivity index (χ0n) is 22.5. The quantitative estimate of drug-likeness (QED) is 0.438. The summed E-state index contributed by atoms with van der Waals surface area (Å²) in [6.45, 7) is 14.5. The predicted molar refractivity (Wildman–Crippen MR) is 149 cm³/mol. The molecule has 186 valence electrons. The second-order valence-electron chi connectivity index (χ2n) is 12.6. The molecule has 2 aliphatic rings. The molecule has 2 nitrogen and oxygen atoms in total. The van der Waals surface area contributed by atoms with Crippen LogP contribution in [0.3, 0.4) is 0 Å². The minimum Gasteiger partial charge on any atom is -0.399 e. The molecule has 2 fully saturated rings. The summed E-state index contributed by atoms with van der Waals surface area (Å²) in [6.07, 6.45) is 7.86. The average Bonchev–Trinajstić information content (AvgIpc) is 2.78. The Morgan fingerprint density at radius 2 is 1.00 bits per heavy atom. The number of hydrogen-bond donors (Lipinski definition) is 2. The molecule has 34 heavy (non-hydrogen) atoms. The van der Waals surface area contributed by atoms with E-state index in [0.29, 0.717) is 35.5 Å². The van der Waals surface area contributed by atoms with Crippen LogP contribution in [0.2, 0.25) is 0 Å². The van der Waals surface area contributed by atoms with Gasteiger partial charge in [-0.15, -0.1) is 0 Å². The first-order valence-corrected chi connectivity index (χ1v) is 13.9. The summed E-state index contributed by atoms with van der Waals surface area (Å²) < 4.78 is 0. The molecule has 0 aliphatic heterocycles. The number of anilines is 2. The van der Waals surface area contributed by atoms with Gasteiger partial charge in [-0.25, -0.2) is 0 Å². The summed E-state index contributed by atoms with van der Waals surface area (Å²) in [4.78, 5) is 0. The van der Waals surface area contributed by atoms with E-state index in [4.69, 9.17) is 11.5 Å². The molecular formula is C32H48N2. The van der Waals surface area contributed by atoms with Crippen molar-refractivity contribution in [2.75, 3.05) is 11.5 Å². The molecule has 0 bridgehead atoms. The van der Waals surface area contributed by atoms with Gasteiger partial charge in [0.15, 0.2) is 0 Å². The van der Waals surface area contributed by atoms with Crippen LogP contribution in [0.5, 0.6) is 0 Å². The molecule has 0 spiro atoms. The van der Waals surface area contributed by atoms with Gasteiger partial charge < -0.3 is 11.5 Å². The molecular weight excluding hydrogens is 412 g/mol. The first kappa shape index (κ1) is 25.1. The van der Waals surface area contributed by atoms with Crippen molar-refractivity contribution in [3.05, 3.63) is 47.5 Å². The minimum atomic E-state index is 0.568. The van der Waals surface area contributed by atoms with Gasteiger partial charge in [0.1, 0.15) is 0 Å². The Bertz CT molecular complexity index is 895. The van der Waals surface area contributed by atoms with Gasteiger partial charge in [-0.3, -0.25) is 0 Å². The van der Waals surface area contributed by atoms with Gasteiger partial charge in [0, 0.05) is 11.4 Å². The molecule has 2 heteroatoms. The van der Waals surface area contributed by atoms with Crippen LogP contribution in [0.15, 0.2) is 36.4 Å². The van der Waals surface area contributed by atoms with Gasteiger partial charge in [0.2, 0.25) is 0 Å². The van der Waals surface area contributed by atoms with Gasteiger partial charge >= 0.3 is 0 Å². The fraction of sp³-hybridized carbons (Fsp3) is 0.625. The van der Waals surface area contributed by atoms with Crippen molar-refractivity contribution in [2.24, 2.45) is 35.5 Å². The van der Waals surface area contributed by atoms with Gasteiger partial charge in [-0.05, 0) is 120 Å². The van der Waals surface area contributed by atoms with Crippen LogP contribution in [-0.2, 0) is 0 Å². The highest BCUT2D eigenvalue weighted by Crippen LogP contribution is 2.51. The number of hydrogen-bond acceptors (Lipinski definition) is 2. The van der Waals surface area contributed by atoms with Crippen LogP contribution in [0, 0.1) is 35.5 Å². The van der Waals surface area contributed by atoms with Crippen molar-refractivity contribution >= 4 is 11.4 Å². The summed E-state index contributed by atoms with van der Waals surface area (Å²) in [6, 6.07) is 13.5. The molecule has 2 aliphatic carbocycles. The van der Waals surface area contributed by atoms with E-state index in [9.17, 15) is 0 Å². The highest BCUT2D eigenvalue weighted by molar-refractivity contribution is 5.76. The lowest BCUT2D eigenvalue weighted by atomic mass is 9.64. The standard InChI is InChI=1S/C32H48N2/c1-19(2)25-11-7-21(5)15-29(25)31-17-23(33)9-13-27(31)28-14-10-24(34)18-32(28)30-16-22(6)8-12-26(30)20(3)4/h9-10,13-14,17-22,25-26,29-30H,7-8,11-12,15-16,33-34H2,1-6H3. The Balaban J connectivity index is 1.86. The molecule has 6 unspecified atom stereocenters. The molecule has 0 heterocycles. The summed E-state index contributed by atoms with van der Waals surface area (Å²) in [5.74, 6) is 5.47. The lowest BCUT2D eigenvalue weighted by Gasteiger charge is -2.40. The van der Waals surface area contributed by atoms with E-state index in [1.165, 1.54) is 60.8 Å². The van der Waals surface area contributed by atoms with Crippen LogP contribution in [0.4, 0.5) is 11.4 Å². The highest BCUT2D eigenvalue weighted by Gasteiger charge is 2.36.